The summed E-state index contributed by atoms with van der Waals surface area (Å²) in [5.41, 5.74) is 3.71. The summed E-state index contributed by atoms with van der Waals surface area (Å²) in [6, 6.07) is 9.88. The molecule has 26 nitrogen and oxygen atoms in total. The molecule has 6 atom stereocenters. The van der Waals surface area contributed by atoms with Gasteiger partial charge in [-0.1, -0.05) is 37.1 Å². The van der Waals surface area contributed by atoms with E-state index in [4.69, 9.17) is 28.4 Å². The maximum Gasteiger partial charge on any atom is 0.416 e. The number of anilines is 3. The highest BCUT2D eigenvalue weighted by Gasteiger charge is 2.47. The van der Waals surface area contributed by atoms with E-state index in [-0.39, 0.29) is 136 Å². The van der Waals surface area contributed by atoms with Crippen LogP contribution < -0.4 is 35.1 Å². The van der Waals surface area contributed by atoms with E-state index < -0.39 is 87.3 Å². The van der Waals surface area contributed by atoms with Gasteiger partial charge in [0, 0.05) is 87.1 Å². The number of hydrogen-bond acceptors (Lipinski definition) is 19. The molecule has 5 heterocycles. The third-order valence-corrected chi connectivity index (χ3v) is 17.5. The SMILES string of the molecule is COc1cc2c(cc1OCCCCCOc1cc3c(cc1C)C(=O)N1C=C(C)C[C@H]1C(S(=O)(=O)O)N3)N(C(=O)OCc1ccc(NC(=O)[C@@H](C)NC(=O)[C@H](CC(=O)CCOCCOCCCC(=O)CCN3C(=O)C=CC3=O)C(C)C)cc1)[C@@H](O)[C@@H]1CC(C)=CN1C2=O. The number of ketones is 2. The number of hydrogen-bond donors (Lipinski definition) is 5. The first-order valence-electron chi connectivity index (χ1n) is 30.7. The molecular formula is C65H81N7O19S. The second-order valence-corrected chi connectivity index (χ2v) is 25.4. The standard InChI is InChI=1S/C65H81N7O19S/c1-38(2)47(31-46(74)20-25-88-27-26-87-22-11-12-45(73)19-21-69-57(75)17-18-58(69)76)60(78)66-42(6)59(77)67-44-15-13-43(14-16-44)37-91-65(82)72-51-34-56(55(86-7)32-49(51)63(80)71-36-40(4)29-53(71)64(72)81)90-24-10-8-9-23-89-54-33-50-48(30-41(54)5)62(79)70-35-39(3)28-52(70)61(68-50)92(83,84)85/h13-18,30,32-36,38,42,47,52-53,61,64,68,81H,8-12,19-29,31,37H2,1-7H3,(H,66,78)(H,67,77)(H,83,84,85)/t42-,47-,52+,53+,61?,64+/m1/s1. The summed E-state index contributed by atoms with van der Waals surface area (Å²) < 4.78 is 70.0. The number of aliphatic hydroxyl groups is 1. The van der Waals surface area contributed by atoms with Gasteiger partial charge in [0.15, 0.2) is 23.1 Å². The minimum absolute atomic E-state index is 0.0282. The molecule has 27 heteroatoms. The molecule has 3 aromatic carbocycles. The first kappa shape index (κ1) is 69.4. The average molecular weight is 1300 g/mol. The molecule has 3 aromatic rings. The van der Waals surface area contributed by atoms with Crippen LogP contribution in [0.3, 0.4) is 0 Å². The Morgan fingerprint density at radius 2 is 1.33 bits per heavy atom. The number of aliphatic hydroxyl groups excluding tert-OH is 1. The van der Waals surface area contributed by atoms with Crippen LogP contribution in [0.2, 0.25) is 0 Å². The quantitative estimate of drug-likeness (QED) is 0.0245. The summed E-state index contributed by atoms with van der Waals surface area (Å²) in [5.74, 6) is -3.11. The van der Waals surface area contributed by atoms with E-state index in [1.54, 1.807) is 62.6 Å². The first-order chi connectivity index (χ1) is 43.8. The Morgan fingerprint density at radius 3 is 1.98 bits per heavy atom. The molecule has 5 N–H and O–H groups in total. The number of carbonyl (C=O) groups excluding carboxylic acids is 9. The lowest BCUT2D eigenvalue weighted by Gasteiger charge is -2.31. The maximum atomic E-state index is 14.2. The molecule has 0 radical (unpaired) electrons. The molecule has 5 aliphatic heterocycles. The lowest BCUT2D eigenvalue weighted by molar-refractivity contribution is -0.137. The summed E-state index contributed by atoms with van der Waals surface area (Å²) >= 11 is 0. The molecule has 5 aliphatic rings. The van der Waals surface area contributed by atoms with E-state index in [0.717, 1.165) is 20.9 Å². The number of nitrogens with zero attached hydrogens (tertiary/aromatic N) is 4. The van der Waals surface area contributed by atoms with Crippen LogP contribution in [0.4, 0.5) is 21.9 Å². The van der Waals surface area contributed by atoms with Gasteiger partial charge in [0.05, 0.1) is 74.7 Å². The topological polar surface area (TPSA) is 333 Å². The van der Waals surface area contributed by atoms with Gasteiger partial charge in [0.1, 0.15) is 30.0 Å². The number of nitrogens with one attached hydrogen (secondary N) is 3. The molecule has 0 saturated heterocycles. The van der Waals surface area contributed by atoms with E-state index in [2.05, 4.69) is 16.0 Å². The van der Waals surface area contributed by atoms with Crippen LogP contribution in [0.5, 0.6) is 17.2 Å². The number of benzene rings is 3. The number of ether oxygens (including phenoxy) is 6. The molecule has 92 heavy (non-hydrogen) atoms. The van der Waals surface area contributed by atoms with Crippen molar-refractivity contribution in [3.8, 4) is 17.2 Å². The zero-order valence-corrected chi connectivity index (χ0v) is 53.5. The van der Waals surface area contributed by atoms with Gasteiger partial charge in [-0.25, -0.2) is 9.69 Å². The number of Topliss-reactive ketones (excluding diaryl/α,β-unsaturated/α-hetero) is 2. The summed E-state index contributed by atoms with van der Waals surface area (Å²) in [7, 11) is -3.20. The Kier molecular flexibility index (Phi) is 23.5. The smallest absolute Gasteiger partial charge is 0.416 e. The van der Waals surface area contributed by atoms with Gasteiger partial charge in [0.2, 0.25) is 11.8 Å². The fraction of sp³-hybridized carbons (Fsp3) is 0.492. The fourth-order valence-electron chi connectivity index (χ4n) is 11.4. The van der Waals surface area contributed by atoms with Crippen molar-refractivity contribution in [1.82, 2.24) is 20.0 Å². The van der Waals surface area contributed by atoms with Crippen LogP contribution in [-0.4, -0.2) is 169 Å². The van der Waals surface area contributed by atoms with Gasteiger partial charge in [-0.05, 0) is 108 Å². The van der Waals surface area contributed by atoms with Crippen LogP contribution in [0.1, 0.15) is 131 Å². The zero-order valence-electron chi connectivity index (χ0n) is 52.7. The van der Waals surface area contributed by atoms with Crippen molar-refractivity contribution in [3.63, 3.8) is 0 Å². The number of unbranched alkanes of at least 4 members (excludes halogenated alkanes) is 2. The Hall–Kier alpha value is -8.50. The minimum atomic E-state index is -4.61. The lowest BCUT2D eigenvalue weighted by Crippen LogP contribution is -2.50. The number of carbonyl (C=O) groups is 9. The van der Waals surface area contributed by atoms with Crippen molar-refractivity contribution in [3.05, 3.63) is 106 Å². The third kappa shape index (κ3) is 17.3. The van der Waals surface area contributed by atoms with Crippen molar-refractivity contribution in [2.24, 2.45) is 11.8 Å². The normalized spacial score (nSPS) is 19.0. The molecule has 0 aliphatic carbocycles. The van der Waals surface area contributed by atoms with Crippen molar-refractivity contribution >= 4 is 80.3 Å². The Balaban J connectivity index is 0.780. The van der Waals surface area contributed by atoms with E-state index in [1.165, 1.54) is 48.1 Å². The fourth-order valence-corrected chi connectivity index (χ4v) is 12.3. The zero-order chi connectivity index (χ0) is 66.6. The number of fused-ring (bicyclic) bond motifs is 4. The van der Waals surface area contributed by atoms with E-state index in [1.807, 2.05) is 20.8 Å². The second-order valence-electron chi connectivity index (χ2n) is 23.8. The molecule has 496 valence electrons. The summed E-state index contributed by atoms with van der Waals surface area (Å²) in [5, 5.41) is 18.8. The summed E-state index contributed by atoms with van der Waals surface area (Å²) in [6.45, 7) is 11.6. The number of methoxy groups -OCH3 is 1. The Bertz CT molecular complexity index is 3500. The predicted molar refractivity (Wildman–Crippen MR) is 335 cm³/mol. The van der Waals surface area contributed by atoms with E-state index in [0.29, 0.717) is 54.9 Å². The van der Waals surface area contributed by atoms with Crippen LogP contribution >= 0.6 is 0 Å². The van der Waals surface area contributed by atoms with Crippen LogP contribution in [-0.2, 0) is 59.7 Å². The second kappa shape index (κ2) is 31.2. The molecule has 0 bridgehead atoms. The monoisotopic (exact) mass is 1300 g/mol. The highest BCUT2D eigenvalue weighted by atomic mass is 32.2. The number of imide groups is 1. The van der Waals surface area contributed by atoms with Crippen LogP contribution in [0, 0.1) is 18.8 Å². The highest BCUT2D eigenvalue weighted by Crippen LogP contribution is 2.43. The van der Waals surface area contributed by atoms with Crippen molar-refractivity contribution in [2.75, 3.05) is 68.8 Å². The largest absolute Gasteiger partial charge is 0.493 e. The molecule has 0 fully saturated rings. The molecule has 0 spiro atoms. The molecular weight excluding hydrogens is 1210 g/mol. The number of amides is 7. The van der Waals surface area contributed by atoms with Gasteiger partial charge < -0.3 is 59.3 Å². The van der Waals surface area contributed by atoms with Crippen molar-refractivity contribution in [1.29, 1.82) is 0 Å². The van der Waals surface area contributed by atoms with E-state index in [9.17, 15) is 61.2 Å². The van der Waals surface area contributed by atoms with Gasteiger partial charge in [-0.3, -0.25) is 47.8 Å². The summed E-state index contributed by atoms with van der Waals surface area (Å²) in [4.78, 5) is 122. The molecule has 0 saturated carbocycles. The molecule has 1 unspecified atom stereocenters. The number of rotatable bonds is 32. The van der Waals surface area contributed by atoms with Crippen LogP contribution in [0.15, 0.2) is 84.2 Å². The Morgan fingerprint density at radius 1 is 0.696 bits per heavy atom. The molecule has 7 amide bonds. The Labute approximate surface area is 534 Å². The highest BCUT2D eigenvalue weighted by molar-refractivity contribution is 7.86. The predicted octanol–water partition coefficient (Wildman–Crippen LogP) is 6.75. The maximum absolute atomic E-state index is 14.2. The van der Waals surface area contributed by atoms with Gasteiger partial charge in [-0.2, -0.15) is 8.42 Å². The third-order valence-electron chi connectivity index (χ3n) is 16.4. The number of aryl methyl sites for hydroxylation is 1. The summed E-state index contributed by atoms with van der Waals surface area (Å²) in [6.07, 6.45) is 6.14. The minimum Gasteiger partial charge on any atom is -0.493 e. The van der Waals surface area contributed by atoms with Gasteiger partial charge in [-0.15, -0.1) is 0 Å². The van der Waals surface area contributed by atoms with Gasteiger partial charge in [0.25, 0.3) is 33.7 Å². The first-order valence-corrected chi connectivity index (χ1v) is 32.2. The lowest BCUT2D eigenvalue weighted by atomic mass is 9.89. The molecule has 0 aromatic heterocycles. The van der Waals surface area contributed by atoms with Crippen LogP contribution in [0.25, 0.3) is 0 Å². The average Bonchev–Trinajstić information content (AvgIpc) is 1.53. The van der Waals surface area contributed by atoms with E-state index >= 15 is 0 Å². The van der Waals surface area contributed by atoms with Gasteiger partial charge >= 0.3 is 6.09 Å². The van der Waals surface area contributed by atoms with Crippen molar-refractivity contribution < 1.29 is 89.6 Å². The molecule has 8 rings (SSSR count). The van der Waals surface area contributed by atoms with Crippen molar-refractivity contribution in [2.45, 2.75) is 142 Å².